The minimum Gasteiger partial charge on any atom is -0.354 e. The van der Waals surface area contributed by atoms with Crippen LogP contribution in [0, 0.1) is 13.8 Å². The van der Waals surface area contributed by atoms with E-state index in [4.69, 9.17) is 0 Å². The van der Waals surface area contributed by atoms with Gasteiger partial charge < -0.3 is 10.6 Å². The molecular weight excluding hydrogens is 353 g/mol. The molecule has 1 aromatic heterocycles. The monoisotopic (exact) mass is 377 g/mol. The Bertz CT molecular complexity index is 448. The molecule has 5 nitrogen and oxygen atoms in total. The van der Waals surface area contributed by atoms with Crippen molar-refractivity contribution >= 4 is 29.9 Å². The Labute approximate surface area is 132 Å². The number of nitrogens with one attached hydrogen (secondary N) is 2. The van der Waals surface area contributed by atoms with E-state index >= 15 is 0 Å². The number of guanidine groups is 1. The first kappa shape index (κ1) is 16.3. The highest BCUT2D eigenvalue weighted by Gasteiger charge is 2.18. The summed E-state index contributed by atoms with van der Waals surface area (Å²) in [6.07, 6.45) is 3.84. The van der Waals surface area contributed by atoms with Gasteiger partial charge in [-0.1, -0.05) is 0 Å². The molecule has 1 fully saturated rings. The van der Waals surface area contributed by atoms with Crippen LogP contribution in [0.5, 0.6) is 0 Å². The number of aryl methyl sites for hydroxylation is 2. The maximum atomic E-state index is 4.42. The van der Waals surface area contributed by atoms with Gasteiger partial charge in [0, 0.05) is 37.9 Å². The first-order valence-corrected chi connectivity index (χ1v) is 6.58. The minimum absolute atomic E-state index is 0. The lowest BCUT2D eigenvalue weighted by atomic mass is 9.93. The third-order valence-electron chi connectivity index (χ3n) is 3.76. The van der Waals surface area contributed by atoms with E-state index in [0.29, 0.717) is 6.04 Å². The number of hydrogen-bond donors (Lipinski definition) is 2. The summed E-state index contributed by atoms with van der Waals surface area (Å²) in [6, 6.07) is 0.604. The van der Waals surface area contributed by atoms with Crippen LogP contribution in [-0.2, 0) is 13.6 Å². The van der Waals surface area contributed by atoms with Crippen molar-refractivity contribution in [3.8, 4) is 0 Å². The van der Waals surface area contributed by atoms with Crippen LogP contribution in [0.25, 0.3) is 0 Å². The molecule has 1 saturated carbocycles. The van der Waals surface area contributed by atoms with Crippen LogP contribution >= 0.6 is 24.0 Å². The topological polar surface area (TPSA) is 54.2 Å². The van der Waals surface area contributed by atoms with Crippen LogP contribution in [0.4, 0.5) is 0 Å². The maximum absolute atomic E-state index is 4.42. The molecule has 1 aliphatic rings. The molecule has 108 valence electrons. The Kier molecular flexibility index (Phi) is 6.09. The molecule has 0 aromatic carbocycles. The molecule has 0 radical (unpaired) electrons. The van der Waals surface area contributed by atoms with Crippen molar-refractivity contribution < 1.29 is 0 Å². The molecule has 1 heterocycles. The Hall–Kier alpha value is -0.790. The summed E-state index contributed by atoms with van der Waals surface area (Å²) < 4.78 is 1.93. The normalized spacial score (nSPS) is 15.7. The van der Waals surface area contributed by atoms with E-state index in [9.17, 15) is 0 Å². The van der Waals surface area contributed by atoms with Gasteiger partial charge in [-0.05, 0) is 33.1 Å². The smallest absolute Gasteiger partial charge is 0.191 e. The van der Waals surface area contributed by atoms with Gasteiger partial charge in [0.15, 0.2) is 5.96 Å². The summed E-state index contributed by atoms with van der Waals surface area (Å²) in [5, 5.41) is 11.2. The fourth-order valence-corrected chi connectivity index (χ4v) is 2.19. The molecule has 1 aromatic rings. The molecule has 6 heteroatoms. The summed E-state index contributed by atoms with van der Waals surface area (Å²) in [4.78, 5) is 4.26. The second-order valence-electron chi connectivity index (χ2n) is 4.97. The zero-order valence-electron chi connectivity index (χ0n) is 12.2. The highest BCUT2D eigenvalue weighted by molar-refractivity contribution is 14.0. The van der Waals surface area contributed by atoms with Crippen molar-refractivity contribution in [1.29, 1.82) is 0 Å². The SMILES string of the molecule is CN=C(NCc1c(C)nn(C)c1C)NC1CCC1.I. The van der Waals surface area contributed by atoms with E-state index in [2.05, 4.69) is 27.6 Å². The Morgan fingerprint density at radius 1 is 1.42 bits per heavy atom. The second-order valence-corrected chi connectivity index (χ2v) is 4.97. The predicted octanol–water partition coefficient (Wildman–Crippen LogP) is 1.87. The van der Waals surface area contributed by atoms with E-state index in [1.165, 1.54) is 30.5 Å². The Morgan fingerprint density at radius 2 is 2.11 bits per heavy atom. The maximum Gasteiger partial charge on any atom is 0.191 e. The van der Waals surface area contributed by atoms with Crippen molar-refractivity contribution in [2.24, 2.45) is 12.0 Å². The summed E-state index contributed by atoms with van der Waals surface area (Å²) >= 11 is 0. The number of rotatable bonds is 3. The molecule has 0 saturated heterocycles. The summed E-state index contributed by atoms with van der Waals surface area (Å²) in [5.41, 5.74) is 3.55. The minimum atomic E-state index is 0. The van der Waals surface area contributed by atoms with Crippen LogP contribution in [0.2, 0.25) is 0 Å². The van der Waals surface area contributed by atoms with Crippen molar-refractivity contribution in [2.45, 2.75) is 45.7 Å². The fourth-order valence-electron chi connectivity index (χ4n) is 2.19. The molecule has 0 unspecified atom stereocenters. The van der Waals surface area contributed by atoms with Crippen molar-refractivity contribution in [2.75, 3.05) is 7.05 Å². The highest BCUT2D eigenvalue weighted by atomic mass is 127. The average Bonchev–Trinajstić information content (AvgIpc) is 2.52. The van der Waals surface area contributed by atoms with Crippen LogP contribution < -0.4 is 10.6 Å². The van der Waals surface area contributed by atoms with Gasteiger partial charge in [0.1, 0.15) is 0 Å². The number of nitrogens with zero attached hydrogens (tertiary/aromatic N) is 3. The van der Waals surface area contributed by atoms with Crippen LogP contribution in [0.15, 0.2) is 4.99 Å². The van der Waals surface area contributed by atoms with Crippen molar-refractivity contribution in [3.05, 3.63) is 17.0 Å². The average molecular weight is 377 g/mol. The molecule has 0 amide bonds. The van der Waals surface area contributed by atoms with E-state index < -0.39 is 0 Å². The summed E-state index contributed by atoms with van der Waals surface area (Å²) in [5.74, 6) is 0.891. The van der Waals surface area contributed by atoms with Crippen molar-refractivity contribution in [3.63, 3.8) is 0 Å². The van der Waals surface area contributed by atoms with Gasteiger partial charge in [-0.25, -0.2) is 0 Å². The van der Waals surface area contributed by atoms with Crippen LogP contribution in [-0.4, -0.2) is 28.8 Å². The Balaban J connectivity index is 0.00000180. The third-order valence-corrected chi connectivity index (χ3v) is 3.76. The van der Waals surface area contributed by atoms with E-state index in [1.54, 1.807) is 0 Å². The molecule has 19 heavy (non-hydrogen) atoms. The standard InChI is InChI=1S/C13H23N5.HI/c1-9-12(10(2)18(4)17-9)8-15-13(14-3)16-11-6-5-7-11;/h11H,5-8H2,1-4H3,(H2,14,15,16);1H. The Morgan fingerprint density at radius 3 is 2.53 bits per heavy atom. The molecule has 2 rings (SSSR count). The lowest BCUT2D eigenvalue weighted by Gasteiger charge is -2.28. The molecule has 0 spiro atoms. The molecule has 0 aliphatic heterocycles. The second kappa shape index (κ2) is 7.12. The first-order valence-electron chi connectivity index (χ1n) is 6.58. The number of halogens is 1. The van der Waals surface area contributed by atoms with E-state index in [-0.39, 0.29) is 24.0 Å². The number of aliphatic imine (C=N–C) groups is 1. The van der Waals surface area contributed by atoms with Gasteiger partial charge in [-0.3, -0.25) is 9.67 Å². The van der Waals surface area contributed by atoms with Crippen LogP contribution in [0.1, 0.15) is 36.2 Å². The third kappa shape index (κ3) is 3.84. The summed E-state index contributed by atoms with van der Waals surface area (Å²) in [6.45, 7) is 4.92. The molecular formula is C13H24IN5. The van der Waals surface area contributed by atoms with Crippen LogP contribution in [0.3, 0.4) is 0 Å². The lowest BCUT2D eigenvalue weighted by Crippen LogP contribution is -2.46. The molecule has 0 bridgehead atoms. The van der Waals surface area contributed by atoms with E-state index in [0.717, 1.165) is 18.2 Å². The number of aromatic nitrogens is 2. The predicted molar refractivity (Wildman–Crippen MR) is 89.1 cm³/mol. The van der Waals surface area contributed by atoms with Gasteiger partial charge in [-0.2, -0.15) is 5.10 Å². The lowest BCUT2D eigenvalue weighted by molar-refractivity contribution is 0.380. The number of hydrogen-bond acceptors (Lipinski definition) is 2. The molecule has 0 atom stereocenters. The summed E-state index contributed by atoms with van der Waals surface area (Å²) in [7, 11) is 3.80. The van der Waals surface area contributed by atoms with Gasteiger partial charge >= 0.3 is 0 Å². The zero-order chi connectivity index (χ0) is 13.1. The van der Waals surface area contributed by atoms with Gasteiger partial charge in [0.05, 0.1) is 5.69 Å². The van der Waals surface area contributed by atoms with Gasteiger partial charge in [0.25, 0.3) is 0 Å². The molecule has 2 N–H and O–H groups in total. The van der Waals surface area contributed by atoms with Gasteiger partial charge in [0.2, 0.25) is 0 Å². The van der Waals surface area contributed by atoms with E-state index in [1.807, 2.05) is 25.7 Å². The van der Waals surface area contributed by atoms with Crippen molar-refractivity contribution in [1.82, 2.24) is 20.4 Å². The highest BCUT2D eigenvalue weighted by Crippen LogP contribution is 2.17. The molecule has 1 aliphatic carbocycles. The first-order chi connectivity index (χ1) is 8.61. The largest absolute Gasteiger partial charge is 0.354 e. The zero-order valence-corrected chi connectivity index (χ0v) is 14.5. The fraction of sp³-hybridized carbons (Fsp3) is 0.692. The quantitative estimate of drug-likeness (QED) is 0.481. The van der Waals surface area contributed by atoms with Gasteiger partial charge in [-0.15, -0.1) is 24.0 Å².